The number of aryl methyl sites for hydroxylation is 1. The fraction of sp³-hybridized carbons (Fsp3) is 0.545. The lowest BCUT2D eigenvalue weighted by Crippen LogP contribution is -2.38. The Labute approximate surface area is 105 Å². The molecule has 0 saturated carbocycles. The first-order valence-corrected chi connectivity index (χ1v) is 5.63. The van der Waals surface area contributed by atoms with Crippen molar-refractivity contribution in [3.05, 3.63) is 17.5 Å². The molecule has 0 aliphatic carbocycles. The summed E-state index contributed by atoms with van der Waals surface area (Å²) in [6.45, 7) is 5.51. The third kappa shape index (κ3) is 3.56. The van der Waals surface area contributed by atoms with Crippen LogP contribution in [0.5, 0.6) is 0 Å². The number of aromatic nitrogens is 2. The maximum absolute atomic E-state index is 11.9. The molecule has 0 spiro atoms. The van der Waals surface area contributed by atoms with Crippen LogP contribution in [0.15, 0.2) is 6.07 Å². The van der Waals surface area contributed by atoms with Crippen molar-refractivity contribution in [2.45, 2.75) is 32.9 Å². The van der Waals surface area contributed by atoms with Crippen LogP contribution in [0.4, 0.5) is 0 Å². The van der Waals surface area contributed by atoms with E-state index in [9.17, 15) is 14.7 Å². The molecule has 1 rings (SSSR count). The number of nitrogens with one attached hydrogen (secondary N) is 1. The second-order valence-corrected chi connectivity index (χ2v) is 4.59. The van der Waals surface area contributed by atoms with Gasteiger partial charge in [-0.05, 0) is 20.8 Å². The van der Waals surface area contributed by atoms with Gasteiger partial charge in [-0.2, -0.15) is 5.10 Å². The van der Waals surface area contributed by atoms with E-state index in [0.717, 1.165) is 0 Å². The summed E-state index contributed by atoms with van der Waals surface area (Å²) in [5.41, 5.74) is 4.40. The zero-order valence-corrected chi connectivity index (χ0v) is 10.7. The molecule has 0 aliphatic rings. The van der Waals surface area contributed by atoms with E-state index in [-0.39, 0.29) is 17.9 Å². The minimum atomic E-state index is -1.00. The van der Waals surface area contributed by atoms with E-state index in [2.05, 4.69) is 10.4 Å². The Morgan fingerprint density at radius 2 is 2.17 bits per heavy atom. The van der Waals surface area contributed by atoms with Gasteiger partial charge >= 0.3 is 0 Å². The minimum absolute atomic E-state index is 0.0465. The topological polar surface area (TPSA) is 110 Å². The summed E-state index contributed by atoms with van der Waals surface area (Å²) in [4.78, 5) is 22.9. The van der Waals surface area contributed by atoms with Gasteiger partial charge < -0.3 is 16.2 Å². The van der Waals surface area contributed by atoms with Crippen molar-refractivity contribution in [1.29, 1.82) is 0 Å². The van der Waals surface area contributed by atoms with Crippen LogP contribution in [0.25, 0.3) is 0 Å². The van der Waals surface area contributed by atoms with Crippen LogP contribution in [-0.4, -0.2) is 38.8 Å². The molecule has 4 N–H and O–H groups in total. The molecule has 0 fully saturated rings. The summed E-state index contributed by atoms with van der Waals surface area (Å²) in [5.74, 6) is -1.09. The number of amides is 2. The number of primary amides is 1. The normalized spacial score (nSPS) is 11.3. The molecule has 0 bridgehead atoms. The average Bonchev–Trinajstić information content (AvgIpc) is 2.68. The average molecular weight is 254 g/mol. The maximum Gasteiger partial charge on any atom is 0.269 e. The predicted octanol–water partition coefficient (Wildman–Crippen LogP) is -0.497. The molecule has 0 radical (unpaired) electrons. The molecule has 0 aliphatic heterocycles. The Morgan fingerprint density at radius 1 is 1.56 bits per heavy atom. The van der Waals surface area contributed by atoms with Gasteiger partial charge in [0.2, 0.25) is 0 Å². The van der Waals surface area contributed by atoms with Crippen LogP contribution in [0.1, 0.15) is 41.7 Å². The Kier molecular flexibility index (Phi) is 4.07. The molecule has 7 nitrogen and oxygen atoms in total. The van der Waals surface area contributed by atoms with Gasteiger partial charge in [0.1, 0.15) is 5.69 Å². The van der Waals surface area contributed by atoms with Crippen molar-refractivity contribution in [2.75, 3.05) is 6.54 Å². The van der Waals surface area contributed by atoms with Gasteiger partial charge in [-0.25, -0.2) is 0 Å². The molecule has 0 saturated heterocycles. The summed E-state index contributed by atoms with van der Waals surface area (Å²) in [5, 5.41) is 16.0. The molecule has 1 aromatic rings. The summed E-state index contributed by atoms with van der Waals surface area (Å²) < 4.78 is 1.39. The number of nitrogens with two attached hydrogens (primary N) is 1. The fourth-order valence-electron chi connectivity index (χ4n) is 1.35. The third-order valence-electron chi connectivity index (χ3n) is 2.25. The summed E-state index contributed by atoms with van der Waals surface area (Å²) in [6.07, 6.45) is 0. The quantitative estimate of drug-likeness (QED) is 0.658. The van der Waals surface area contributed by atoms with Crippen molar-refractivity contribution >= 4 is 11.8 Å². The minimum Gasteiger partial charge on any atom is -0.389 e. The molecular weight excluding hydrogens is 236 g/mol. The number of aliphatic hydroxyl groups is 1. The van der Waals surface area contributed by atoms with Gasteiger partial charge in [0.15, 0.2) is 5.69 Å². The van der Waals surface area contributed by atoms with Crippen molar-refractivity contribution in [2.24, 2.45) is 5.73 Å². The van der Waals surface area contributed by atoms with E-state index in [1.807, 2.05) is 0 Å². The highest BCUT2D eigenvalue weighted by atomic mass is 16.3. The molecule has 1 heterocycles. The highest BCUT2D eigenvalue weighted by molar-refractivity contribution is 5.97. The summed E-state index contributed by atoms with van der Waals surface area (Å²) >= 11 is 0. The van der Waals surface area contributed by atoms with Gasteiger partial charge in [-0.1, -0.05) is 0 Å². The maximum atomic E-state index is 11.9. The molecule has 0 atom stereocenters. The molecule has 1 aromatic heterocycles. The summed E-state index contributed by atoms with van der Waals surface area (Å²) in [7, 11) is 0. The van der Waals surface area contributed by atoms with Gasteiger partial charge in [-0.15, -0.1) is 0 Å². The first-order chi connectivity index (χ1) is 8.24. The van der Waals surface area contributed by atoms with Gasteiger partial charge in [0, 0.05) is 19.2 Å². The van der Waals surface area contributed by atoms with E-state index < -0.39 is 17.4 Å². The van der Waals surface area contributed by atoms with E-state index in [1.54, 1.807) is 20.8 Å². The number of nitrogens with zero attached hydrogens (tertiary/aromatic N) is 2. The first kappa shape index (κ1) is 14.2. The lowest BCUT2D eigenvalue weighted by molar-refractivity contribution is 0.0689. The van der Waals surface area contributed by atoms with Crippen LogP contribution >= 0.6 is 0 Å². The SMILES string of the molecule is CCn1nc(C(N)=O)cc1C(=O)NCC(C)(C)O. The molecule has 0 aromatic carbocycles. The second-order valence-electron chi connectivity index (χ2n) is 4.59. The second kappa shape index (κ2) is 5.18. The van der Waals surface area contributed by atoms with Crippen LogP contribution in [0.3, 0.4) is 0 Å². The Balaban J connectivity index is 2.88. The van der Waals surface area contributed by atoms with E-state index >= 15 is 0 Å². The van der Waals surface area contributed by atoms with Crippen molar-refractivity contribution in [3.8, 4) is 0 Å². The third-order valence-corrected chi connectivity index (χ3v) is 2.25. The smallest absolute Gasteiger partial charge is 0.269 e. The van der Waals surface area contributed by atoms with Crippen LogP contribution < -0.4 is 11.1 Å². The highest BCUT2D eigenvalue weighted by Crippen LogP contribution is 2.05. The van der Waals surface area contributed by atoms with E-state index in [1.165, 1.54) is 10.7 Å². The molecule has 100 valence electrons. The number of carbonyl (C=O) groups excluding carboxylic acids is 2. The molecule has 7 heteroatoms. The lowest BCUT2D eigenvalue weighted by atomic mass is 10.1. The number of hydrogen-bond acceptors (Lipinski definition) is 4. The molecular formula is C11H18N4O3. The van der Waals surface area contributed by atoms with Crippen molar-refractivity contribution in [3.63, 3.8) is 0 Å². The monoisotopic (exact) mass is 254 g/mol. The fourth-order valence-corrected chi connectivity index (χ4v) is 1.35. The zero-order valence-electron chi connectivity index (χ0n) is 10.7. The molecule has 0 unspecified atom stereocenters. The Hall–Kier alpha value is -1.89. The number of carbonyl (C=O) groups is 2. The lowest BCUT2D eigenvalue weighted by Gasteiger charge is -2.17. The number of rotatable bonds is 5. The highest BCUT2D eigenvalue weighted by Gasteiger charge is 2.19. The molecule has 18 heavy (non-hydrogen) atoms. The van der Waals surface area contributed by atoms with Crippen molar-refractivity contribution in [1.82, 2.24) is 15.1 Å². The van der Waals surface area contributed by atoms with Crippen LogP contribution in [-0.2, 0) is 6.54 Å². The van der Waals surface area contributed by atoms with E-state index in [0.29, 0.717) is 6.54 Å². The predicted molar refractivity (Wildman–Crippen MR) is 65.0 cm³/mol. The zero-order chi connectivity index (χ0) is 13.9. The van der Waals surface area contributed by atoms with Crippen molar-refractivity contribution < 1.29 is 14.7 Å². The van der Waals surface area contributed by atoms with Gasteiger partial charge in [0.05, 0.1) is 5.60 Å². The van der Waals surface area contributed by atoms with Crippen LogP contribution in [0.2, 0.25) is 0 Å². The van der Waals surface area contributed by atoms with E-state index in [4.69, 9.17) is 5.73 Å². The first-order valence-electron chi connectivity index (χ1n) is 5.63. The largest absolute Gasteiger partial charge is 0.389 e. The number of hydrogen-bond donors (Lipinski definition) is 3. The van der Waals surface area contributed by atoms with Gasteiger partial charge in [-0.3, -0.25) is 14.3 Å². The van der Waals surface area contributed by atoms with Gasteiger partial charge in [0.25, 0.3) is 11.8 Å². The summed E-state index contributed by atoms with van der Waals surface area (Å²) in [6, 6.07) is 1.34. The Morgan fingerprint density at radius 3 is 2.61 bits per heavy atom. The standard InChI is InChI=1S/C11H18N4O3/c1-4-15-8(5-7(14-15)9(12)16)10(17)13-6-11(2,3)18/h5,18H,4,6H2,1-3H3,(H2,12,16)(H,13,17). The molecule has 2 amide bonds. The Bertz CT molecular complexity index is 459. The van der Waals surface area contributed by atoms with Crippen LogP contribution in [0, 0.1) is 0 Å².